The van der Waals surface area contributed by atoms with Crippen LogP contribution in [0.5, 0.6) is 0 Å². The molecule has 8 heteroatoms. The SMILES string of the molecule is OCCn1cc(-c2cccnc2N2CC=C(c3cccn4cnnc34)CC2)cn1. The maximum absolute atomic E-state index is 9.13. The van der Waals surface area contributed by atoms with Crippen molar-refractivity contribution >= 4 is 17.0 Å². The molecule has 8 nitrogen and oxygen atoms in total. The van der Waals surface area contributed by atoms with Gasteiger partial charge in [0.05, 0.1) is 19.3 Å². The average Bonchev–Trinajstić information content (AvgIpc) is 3.44. The lowest BCUT2D eigenvalue weighted by Crippen LogP contribution is -2.29. The van der Waals surface area contributed by atoms with Gasteiger partial charge in [-0.15, -0.1) is 10.2 Å². The molecule has 1 aliphatic heterocycles. The third kappa shape index (κ3) is 3.27. The van der Waals surface area contributed by atoms with Gasteiger partial charge in [0.2, 0.25) is 0 Å². The van der Waals surface area contributed by atoms with Crippen LogP contribution in [-0.2, 0) is 6.54 Å². The fraction of sp³-hybridized carbons (Fsp3) is 0.238. The first-order valence-corrected chi connectivity index (χ1v) is 9.65. The van der Waals surface area contributed by atoms with Gasteiger partial charge in [0.1, 0.15) is 12.1 Å². The van der Waals surface area contributed by atoms with Crippen LogP contribution >= 0.6 is 0 Å². The zero-order chi connectivity index (χ0) is 19.6. The lowest BCUT2D eigenvalue weighted by atomic mass is 10.00. The van der Waals surface area contributed by atoms with E-state index in [1.54, 1.807) is 11.0 Å². The number of rotatable bonds is 5. The molecule has 0 aromatic carbocycles. The molecule has 0 fully saturated rings. The van der Waals surface area contributed by atoms with E-state index < -0.39 is 0 Å². The van der Waals surface area contributed by atoms with E-state index in [-0.39, 0.29) is 6.61 Å². The minimum absolute atomic E-state index is 0.0690. The first-order valence-electron chi connectivity index (χ1n) is 9.65. The topological polar surface area (TPSA) is 84.4 Å². The van der Waals surface area contributed by atoms with Gasteiger partial charge in [-0.25, -0.2) is 4.98 Å². The molecule has 0 aliphatic carbocycles. The van der Waals surface area contributed by atoms with E-state index in [2.05, 4.69) is 43.4 Å². The number of hydrogen-bond acceptors (Lipinski definition) is 6. The van der Waals surface area contributed by atoms with E-state index >= 15 is 0 Å². The molecule has 0 saturated carbocycles. The van der Waals surface area contributed by atoms with Gasteiger partial charge < -0.3 is 10.0 Å². The van der Waals surface area contributed by atoms with Gasteiger partial charge in [-0.05, 0) is 36.3 Å². The van der Waals surface area contributed by atoms with Crippen LogP contribution in [0.25, 0.3) is 22.3 Å². The largest absolute Gasteiger partial charge is 0.394 e. The Labute approximate surface area is 167 Å². The van der Waals surface area contributed by atoms with E-state index in [0.29, 0.717) is 6.54 Å². The van der Waals surface area contributed by atoms with Gasteiger partial charge in [0.25, 0.3) is 0 Å². The highest BCUT2D eigenvalue weighted by Gasteiger charge is 2.20. The molecule has 0 unspecified atom stereocenters. The summed E-state index contributed by atoms with van der Waals surface area (Å²) in [7, 11) is 0. The number of aromatic nitrogens is 6. The summed E-state index contributed by atoms with van der Waals surface area (Å²) >= 11 is 0. The van der Waals surface area contributed by atoms with Gasteiger partial charge in [-0.2, -0.15) is 5.10 Å². The van der Waals surface area contributed by atoms with Crippen molar-refractivity contribution in [1.82, 2.24) is 29.4 Å². The molecular formula is C21H21N7O. The molecule has 0 saturated heterocycles. The van der Waals surface area contributed by atoms with E-state index in [4.69, 9.17) is 5.11 Å². The van der Waals surface area contributed by atoms with E-state index in [1.165, 1.54) is 5.57 Å². The highest BCUT2D eigenvalue weighted by atomic mass is 16.3. The second-order valence-corrected chi connectivity index (χ2v) is 7.00. The summed E-state index contributed by atoms with van der Waals surface area (Å²) in [6.07, 6.45) is 12.5. The predicted molar refractivity (Wildman–Crippen MR) is 110 cm³/mol. The second-order valence-electron chi connectivity index (χ2n) is 7.00. The van der Waals surface area contributed by atoms with E-state index in [0.717, 1.165) is 47.7 Å². The number of hydrogen-bond donors (Lipinski definition) is 1. The predicted octanol–water partition coefficient (Wildman–Crippen LogP) is 2.27. The van der Waals surface area contributed by atoms with Crippen LogP contribution in [-0.4, -0.2) is 54.2 Å². The third-order valence-electron chi connectivity index (χ3n) is 5.24. The Balaban J connectivity index is 1.43. The Bertz CT molecular complexity index is 1180. The molecule has 4 aromatic rings. The van der Waals surface area contributed by atoms with Crippen molar-refractivity contribution in [3.63, 3.8) is 0 Å². The quantitative estimate of drug-likeness (QED) is 0.566. The average molecular weight is 387 g/mol. The molecule has 0 atom stereocenters. The molecule has 0 spiro atoms. The molecule has 0 radical (unpaired) electrons. The first-order chi connectivity index (χ1) is 14.3. The summed E-state index contributed by atoms with van der Waals surface area (Å²) < 4.78 is 3.70. The van der Waals surface area contributed by atoms with Crippen molar-refractivity contribution in [3.05, 3.63) is 67.0 Å². The molecule has 5 heterocycles. The highest BCUT2D eigenvalue weighted by molar-refractivity contribution is 5.79. The van der Waals surface area contributed by atoms with Crippen LogP contribution in [0.2, 0.25) is 0 Å². The lowest BCUT2D eigenvalue weighted by Gasteiger charge is -2.29. The summed E-state index contributed by atoms with van der Waals surface area (Å²) in [6, 6.07) is 8.14. The second kappa shape index (κ2) is 7.48. The number of anilines is 1. The van der Waals surface area contributed by atoms with Crippen molar-refractivity contribution in [1.29, 1.82) is 0 Å². The Morgan fingerprint density at radius 2 is 2.07 bits per heavy atom. The zero-order valence-corrected chi connectivity index (χ0v) is 15.9. The fourth-order valence-corrected chi connectivity index (χ4v) is 3.81. The lowest BCUT2D eigenvalue weighted by molar-refractivity contribution is 0.269. The molecule has 29 heavy (non-hydrogen) atoms. The number of aliphatic hydroxyl groups is 1. The molecule has 1 aliphatic rings. The van der Waals surface area contributed by atoms with Crippen molar-refractivity contribution in [2.24, 2.45) is 0 Å². The summed E-state index contributed by atoms with van der Waals surface area (Å²) in [6.45, 7) is 2.20. The Morgan fingerprint density at radius 3 is 2.93 bits per heavy atom. The van der Waals surface area contributed by atoms with Gasteiger partial charge in [-0.1, -0.05) is 6.08 Å². The maximum atomic E-state index is 9.13. The van der Waals surface area contributed by atoms with Crippen LogP contribution < -0.4 is 4.90 Å². The monoisotopic (exact) mass is 387 g/mol. The highest BCUT2D eigenvalue weighted by Crippen LogP contribution is 2.32. The first kappa shape index (κ1) is 17.6. The van der Waals surface area contributed by atoms with Gasteiger partial charge in [-0.3, -0.25) is 9.08 Å². The van der Waals surface area contributed by atoms with E-state index in [9.17, 15) is 0 Å². The normalized spacial score (nSPS) is 14.4. The molecule has 0 amide bonds. The standard InChI is InChI=1S/C21H21N7O/c29-12-11-28-14-17(13-24-28)19-3-1-7-22-20(19)26-9-5-16(6-10-26)18-4-2-8-27-15-23-25-21(18)27/h1-5,7-8,13-15,29H,6,9-12H2. The maximum Gasteiger partial charge on any atom is 0.168 e. The van der Waals surface area contributed by atoms with Crippen LogP contribution in [0.1, 0.15) is 12.0 Å². The minimum Gasteiger partial charge on any atom is -0.394 e. The van der Waals surface area contributed by atoms with Crippen molar-refractivity contribution in [2.75, 3.05) is 24.6 Å². The smallest absolute Gasteiger partial charge is 0.168 e. The van der Waals surface area contributed by atoms with E-state index in [1.807, 2.05) is 41.3 Å². The molecule has 0 bridgehead atoms. The zero-order valence-electron chi connectivity index (χ0n) is 15.9. The van der Waals surface area contributed by atoms with Gasteiger partial charge >= 0.3 is 0 Å². The summed E-state index contributed by atoms with van der Waals surface area (Å²) in [5, 5.41) is 21.7. The van der Waals surface area contributed by atoms with Crippen LogP contribution in [0.15, 0.2) is 61.5 Å². The van der Waals surface area contributed by atoms with Gasteiger partial charge in [0.15, 0.2) is 5.65 Å². The molecule has 1 N–H and O–H groups in total. The van der Waals surface area contributed by atoms with Crippen molar-refractivity contribution < 1.29 is 5.11 Å². The number of pyridine rings is 2. The summed E-state index contributed by atoms with van der Waals surface area (Å²) in [5.41, 5.74) is 5.36. The number of aliphatic hydroxyl groups excluding tert-OH is 1. The van der Waals surface area contributed by atoms with Crippen LogP contribution in [0.3, 0.4) is 0 Å². The Kier molecular flexibility index (Phi) is 4.53. The van der Waals surface area contributed by atoms with Crippen molar-refractivity contribution in [3.8, 4) is 11.1 Å². The van der Waals surface area contributed by atoms with Crippen LogP contribution in [0.4, 0.5) is 5.82 Å². The minimum atomic E-state index is 0.0690. The molecule has 4 aromatic heterocycles. The third-order valence-corrected chi connectivity index (χ3v) is 5.24. The number of nitrogens with zero attached hydrogens (tertiary/aromatic N) is 7. The van der Waals surface area contributed by atoms with Crippen LogP contribution in [0, 0.1) is 0 Å². The Morgan fingerprint density at radius 1 is 1.14 bits per heavy atom. The summed E-state index contributed by atoms with van der Waals surface area (Å²) in [4.78, 5) is 6.94. The fourth-order valence-electron chi connectivity index (χ4n) is 3.81. The molecular weight excluding hydrogens is 366 g/mol. The van der Waals surface area contributed by atoms with Crippen molar-refractivity contribution in [2.45, 2.75) is 13.0 Å². The summed E-state index contributed by atoms with van der Waals surface area (Å²) in [5.74, 6) is 0.951. The number of fused-ring (bicyclic) bond motifs is 1. The van der Waals surface area contributed by atoms with Gasteiger partial charge in [0, 0.05) is 48.4 Å². The Hall–Kier alpha value is -3.52. The molecule has 146 valence electrons. The molecule has 5 rings (SSSR count).